The van der Waals surface area contributed by atoms with E-state index >= 15 is 0 Å². The van der Waals surface area contributed by atoms with Crippen LogP contribution in [0.1, 0.15) is 44.1 Å². The zero-order valence-electron chi connectivity index (χ0n) is 12.3. The molecular weight excluding hydrogens is 278 g/mol. The first kappa shape index (κ1) is 16.7. The summed E-state index contributed by atoms with van der Waals surface area (Å²) in [6, 6.07) is 1.37. The lowest BCUT2D eigenvalue weighted by molar-refractivity contribution is 0.0753. The summed E-state index contributed by atoms with van der Waals surface area (Å²) < 4.78 is 24.5. The Morgan fingerprint density at radius 2 is 1.95 bits per heavy atom. The van der Waals surface area contributed by atoms with Gasteiger partial charge in [-0.15, -0.1) is 0 Å². The first-order chi connectivity index (χ1) is 9.35. The highest BCUT2D eigenvalue weighted by Gasteiger charge is 2.21. The van der Waals surface area contributed by atoms with Crippen LogP contribution in [0.25, 0.3) is 0 Å². The molecule has 6 nitrogen and oxygen atoms in total. The summed E-state index contributed by atoms with van der Waals surface area (Å²) in [5, 5.41) is 5.14. The highest BCUT2D eigenvalue weighted by Crippen LogP contribution is 2.16. The van der Waals surface area contributed by atoms with Gasteiger partial charge in [0.1, 0.15) is 10.6 Å². The third-order valence-corrected chi connectivity index (χ3v) is 3.93. The summed E-state index contributed by atoms with van der Waals surface area (Å²) in [5.74, 6) is -0.155. The molecule has 7 heteroatoms. The molecule has 0 atom stereocenters. The van der Waals surface area contributed by atoms with Crippen molar-refractivity contribution in [2.45, 2.75) is 45.1 Å². The normalized spacial score (nSPS) is 11.6. The molecule has 0 aromatic carbocycles. The quantitative estimate of drug-likeness (QED) is 0.826. The summed E-state index contributed by atoms with van der Waals surface area (Å²) in [6.07, 6.45) is 3.10. The average molecular weight is 301 g/mol. The van der Waals surface area contributed by atoms with E-state index in [2.05, 4.69) is 0 Å². The van der Waals surface area contributed by atoms with Gasteiger partial charge in [0.2, 0.25) is 10.0 Å². The fourth-order valence-corrected chi connectivity index (χ4v) is 2.63. The zero-order chi connectivity index (χ0) is 15.3. The molecule has 0 saturated heterocycles. The molecule has 1 aromatic heterocycles. The van der Waals surface area contributed by atoms with Gasteiger partial charge in [-0.1, -0.05) is 13.8 Å². The van der Waals surface area contributed by atoms with Crippen LogP contribution in [0.3, 0.4) is 0 Å². The van der Waals surface area contributed by atoms with Gasteiger partial charge < -0.3 is 9.47 Å². The number of carbonyl (C=O) groups is 1. The number of nitrogens with zero attached hydrogens (tertiary/aromatic N) is 2. The van der Waals surface area contributed by atoms with Crippen LogP contribution in [0.15, 0.2) is 17.2 Å². The van der Waals surface area contributed by atoms with Crippen molar-refractivity contribution in [1.82, 2.24) is 9.47 Å². The first-order valence-electron chi connectivity index (χ1n) is 6.87. The lowest BCUT2D eigenvalue weighted by Crippen LogP contribution is -2.33. The number of hydrogen-bond acceptors (Lipinski definition) is 3. The van der Waals surface area contributed by atoms with E-state index in [4.69, 9.17) is 5.14 Å². The maximum Gasteiger partial charge on any atom is 0.270 e. The van der Waals surface area contributed by atoms with Crippen molar-refractivity contribution in [2.75, 3.05) is 13.1 Å². The van der Waals surface area contributed by atoms with Crippen molar-refractivity contribution in [2.24, 2.45) is 5.14 Å². The van der Waals surface area contributed by atoms with Gasteiger partial charge in [0.05, 0.1) is 0 Å². The van der Waals surface area contributed by atoms with E-state index in [-0.39, 0.29) is 10.8 Å². The Morgan fingerprint density at radius 3 is 2.40 bits per heavy atom. The molecule has 1 amide bonds. The molecular formula is C13H23N3O3S. The second kappa shape index (κ2) is 6.90. The van der Waals surface area contributed by atoms with Gasteiger partial charge in [-0.2, -0.15) is 0 Å². The number of primary sulfonamides is 1. The highest BCUT2D eigenvalue weighted by molar-refractivity contribution is 7.89. The molecule has 0 radical (unpaired) electrons. The summed E-state index contributed by atoms with van der Waals surface area (Å²) in [6.45, 7) is 7.69. The molecule has 114 valence electrons. The van der Waals surface area contributed by atoms with E-state index in [0.29, 0.717) is 25.3 Å². The molecule has 0 bridgehead atoms. The molecule has 20 heavy (non-hydrogen) atoms. The largest absolute Gasteiger partial charge is 0.342 e. The molecule has 1 heterocycles. The van der Waals surface area contributed by atoms with Crippen LogP contribution in [0.5, 0.6) is 0 Å². The lowest BCUT2D eigenvalue weighted by Gasteiger charge is -2.20. The predicted molar refractivity (Wildman–Crippen MR) is 78.0 cm³/mol. The SMILES string of the molecule is CCCN(CC)C(=O)c1cc(S(N)(=O)=O)cn1CCC. The Hall–Kier alpha value is -1.34. The van der Waals surface area contributed by atoms with E-state index in [9.17, 15) is 13.2 Å². The standard InChI is InChI=1S/C13H23N3O3S/c1-4-7-15(6-3)13(17)12-9-11(20(14,18)19)10-16(12)8-5-2/h9-10H,4-8H2,1-3H3,(H2,14,18,19). The average Bonchev–Trinajstić information content (AvgIpc) is 2.79. The van der Waals surface area contributed by atoms with Gasteiger partial charge in [0.15, 0.2) is 0 Å². The molecule has 0 saturated carbocycles. The van der Waals surface area contributed by atoms with Crippen LogP contribution in [-0.2, 0) is 16.6 Å². The third-order valence-electron chi connectivity index (χ3n) is 3.05. The molecule has 0 aliphatic heterocycles. The topological polar surface area (TPSA) is 85.4 Å². The number of amides is 1. The molecule has 1 aromatic rings. The summed E-state index contributed by atoms with van der Waals surface area (Å²) in [5.41, 5.74) is 0.381. The molecule has 2 N–H and O–H groups in total. The van der Waals surface area contributed by atoms with Crippen molar-refractivity contribution >= 4 is 15.9 Å². The van der Waals surface area contributed by atoms with Crippen LogP contribution in [-0.4, -0.2) is 36.9 Å². The van der Waals surface area contributed by atoms with Crippen molar-refractivity contribution in [3.05, 3.63) is 18.0 Å². The summed E-state index contributed by atoms with van der Waals surface area (Å²) in [4.78, 5) is 14.2. The van der Waals surface area contributed by atoms with Crippen molar-refractivity contribution in [3.63, 3.8) is 0 Å². The Balaban J connectivity index is 3.21. The molecule has 0 aliphatic rings. The molecule has 0 unspecified atom stereocenters. The van der Waals surface area contributed by atoms with Crippen LogP contribution < -0.4 is 5.14 Å². The second-order valence-corrected chi connectivity index (χ2v) is 6.25. The van der Waals surface area contributed by atoms with Gasteiger partial charge in [-0.25, -0.2) is 13.6 Å². The van der Waals surface area contributed by atoms with Gasteiger partial charge in [0.25, 0.3) is 5.91 Å². The van der Waals surface area contributed by atoms with Gasteiger partial charge in [-0.05, 0) is 25.8 Å². The third kappa shape index (κ3) is 3.83. The lowest BCUT2D eigenvalue weighted by atomic mass is 10.3. The van der Waals surface area contributed by atoms with Gasteiger partial charge in [0, 0.05) is 25.8 Å². The smallest absolute Gasteiger partial charge is 0.270 e. The Labute approximate surface area is 120 Å². The number of carbonyl (C=O) groups excluding carboxylic acids is 1. The van der Waals surface area contributed by atoms with E-state index in [1.807, 2.05) is 20.8 Å². The van der Waals surface area contributed by atoms with Crippen LogP contribution >= 0.6 is 0 Å². The van der Waals surface area contributed by atoms with Gasteiger partial charge in [-0.3, -0.25) is 4.79 Å². The number of aromatic nitrogens is 1. The molecule has 0 aliphatic carbocycles. The number of sulfonamides is 1. The maximum absolute atomic E-state index is 12.5. The second-order valence-electron chi connectivity index (χ2n) is 4.68. The fraction of sp³-hybridized carbons (Fsp3) is 0.615. The predicted octanol–water partition coefficient (Wildman–Crippen LogP) is 1.42. The summed E-state index contributed by atoms with van der Waals surface area (Å²) >= 11 is 0. The van der Waals surface area contributed by atoms with Crippen molar-refractivity contribution in [1.29, 1.82) is 0 Å². The van der Waals surface area contributed by atoms with Crippen molar-refractivity contribution in [3.8, 4) is 0 Å². The maximum atomic E-state index is 12.5. The first-order valence-corrected chi connectivity index (χ1v) is 8.42. The monoisotopic (exact) mass is 301 g/mol. The Morgan fingerprint density at radius 1 is 1.30 bits per heavy atom. The van der Waals surface area contributed by atoms with Crippen molar-refractivity contribution < 1.29 is 13.2 Å². The van der Waals surface area contributed by atoms with Gasteiger partial charge >= 0.3 is 0 Å². The Kier molecular flexibility index (Phi) is 5.76. The number of hydrogen-bond donors (Lipinski definition) is 1. The zero-order valence-corrected chi connectivity index (χ0v) is 13.1. The minimum absolute atomic E-state index is 0.0122. The van der Waals surface area contributed by atoms with E-state index in [1.54, 1.807) is 9.47 Å². The Bertz CT molecular complexity index is 563. The minimum Gasteiger partial charge on any atom is -0.342 e. The van der Waals surface area contributed by atoms with E-state index in [1.165, 1.54) is 12.3 Å². The van der Waals surface area contributed by atoms with Crippen LogP contribution in [0.2, 0.25) is 0 Å². The number of rotatable bonds is 7. The highest BCUT2D eigenvalue weighted by atomic mass is 32.2. The summed E-state index contributed by atoms with van der Waals surface area (Å²) in [7, 11) is -3.79. The fourth-order valence-electron chi connectivity index (χ4n) is 2.08. The van der Waals surface area contributed by atoms with Crippen LogP contribution in [0.4, 0.5) is 0 Å². The minimum atomic E-state index is -3.79. The molecule has 0 spiro atoms. The molecule has 1 rings (SSSR count). The van der Waals surface area contributed by atoms with E-state index < -0.39 is 10.0 Å². The van der Waals surface area contributed by atoms with Crippen LogP contribution in [0, 0.1) is 0 Å². The molecule has 0 fully saturated rings. The number of nitrogens with two attached hydrogens (primary N) is 1. The number of aryl methyl sites for hydroxylation is 1. The van der Waals surface area contributed by atoms with E-state index in [0.717, 1.165) is 12.8 Å².